The molecule has 1 aliphatic rings. The van der Waals surface area contributed by atoms with Gasteiger partial charge in [0, 0.05) is 43.1 Å². The summed E-state index contributed by atoms with van der Waals surface area (Å²) in [5.41, 5.74) is 0.932. The van der Waals surface area contributed by atoms with Crippen molar-refractivity contribution in [3.8, 4) is 11.5 Å². The third-order valence-corrected chi connectivity index (χ3v) is 4.99. The molecule has 2 rings (SSSR count). The highest BCUT2D eigenvalue weighted by Gasteiger charge is 2.41. The Morgan fingerprint density at radius 3 is 2.41 bits per heavy atom. The monoisotopic (exact) mass is 376 g/mol. The summed E-state index contributed by atoms with van der Waals surface area (Å²) < 4.78 is 10.8. The smallest absolute Gasteiger partial charge is 0.225 e. The SMILES string of the molecule is COc1ccc(C2CN(C(=O)C(C)C)CC2C(=O)NCC(C)C)c(OC)c1. The van der Waals surface area contributed by atoms with Gasteiger partial charge < -0.3 is 19.7 Å². The summed E-state index contributed by atoms with van der Waals surface area (Å²) in [5.74, 6) is 1.31. The molecule has 6 heteroatoms. The van der Waals surface area contributed by atoms with Gasteiger partial charge in [-0.15, -0.1) is 0 Å². The number of ether oxygens (including phenoxy) is 2. The highest BCUT2D eigenvalue weighted by Crippen LogP contribution is 2.39. The van der Waals surface area contributed by atoms with Crippen molar-refractivity contribution in [2.45, 2.75) is 33.6 Å². The molecule has 1 N–H and O–H groups in total. The summed E-state index contributed by atoms with van der Waals surface area (Å²) in [5, 5.41) is 3.03. The molecule has 2 unspecified atom stereocenters. The number of hydrogen-bond acceptors (Lipinski definition) is 4. The molecule has 0 spiro atoms. The van der Waals surface area contributed by atoms with Crippen LogP contribution in [-0.2, 0) is 9.59 Å². The summed E-state index contributed by atoms with van der Waals surface area (Å²) in [6.07, 6.45) is 0. The van der Waals surface area contributed by atoms with Crippen LogP contribution in [0.5, 0.6) is 11.5 Å². The summed E-state index contributed by atoms with van der Waals surface area (Å²) in [6.45, 7) is 9.47. The lowest BCUT2D eigenvalue weighted by Crippen LogP contribution is -2.37. The maximum absolute atomic E-state index is 12.9. The number of benzene rings is 1. The van der Waals surface area contributed by atoms with E-state index in [1.165, 1.54) is 0 Å². The van der Waals surface area contributed by atoms with Crippen molar-refractivity contribution in [3.63, 3.8) is 0 Å². The van der Waals surface area contributed by atoms with Gasteiger partial charge in [0.05, 0.1) is 20.1 Å². The number of nitrogens with one attached hydrogen (secondary N) is 1. The standard InChI is InChI=1S/C21H32N2O4/c1-13(2)10-22-20(24)18-12-23(21(25)14(3)4)11-17(18)16-8-7-15(26-5)9-19(16)27-6/h7-9,13-14,17-18H,10-12H2,1-6H3,(H,22,24). The topological polar surface area (TPSA) is 67.9 Å². The predicted molar refractivity (Wildman–Crippen MR) is 105 cm³/mol. The average Bonchev–Trinajstić information content (AvgIpc) is 3.09. The zero-order chi connectivity index (χ0) is 20.1. The van der Waals surface area contributed by atoms with Crippen molar-refractivity contribution >= 4 is 11.8 Å². The molecule has 1 fully saturated rings. The second kappa shape index (κ2) is 9.11. The molecular formula is C21H32N2O4. The Labute approximate surface area is 162 Å². The molecule has 150 valence electrons. The van der Waals surface area contributed by atoms with Gasteiger partial charge in [-0.1, -0.05) is 33.8 Å². The molecule has 1 aromatic rings. The van der Waals surface area contributed by atoms with Crippen molar-refractivity contribution in [2.75, 3.05) is 33.9 Å². The lowest BCUT2D eigenvalue weighted by atomic mass is 9.87. The molecule has 2 atom stereocenters. The molecule has 0 bridgehead atoms. The molecule has 0 radical (unpaired) electrons. The van der Waals surface area contributed by atoms with Crippen LogP contribution in [0.1, 0.15) is 39.2 Å². The first-order chi connectivity index (χ1) is 12.8. The Hall–Kier alpha value is -2.24. The van der Waals surface area contributed by atoms with E-state index < -0.39 is 0 Å². The van der Waals surface area contributed by atoms with E-state index in [4.69, 9.17) is 9.47 Å². The molecule has 2 amide bonds. The van der Waals surface area contributed by atoms with Crippen LogP contribution in [0.25, 0.3) is 0 Å². The van der Waals surface area contributed by atoms with Crippen LogP contribution in [0.3, 0.4) is 0 Å². The molecule has 0 aliphatic carbocycles. The van der Waals surface area contributed by atoms with E-state index in [-0.39, 0.29) is 29.6 Å². The van der Waals surface area contributed by atoms with Gasteiger partial charge in [0.15, 0.2) is 0 Å². The molecule has 1 heterocycles. The summed E-state index contributed by atoms with van der Waals surface area (Å²) in [7, 11) is 3.22. The minimum Gasteiger partial charge on any atom is -0.497 e. The Kier molecular flexibility index (Phi) is 7.11. The van der Waals surface area contributed by atoms with Gasteiger partial charge in [-0.05, 0) is 12.0 Å². The quantitative estimate of drug-likeness (QED) is 0.794. The Bertz CT molecular complexity index is 672. The summed E-state index contributed by atoms with van der Waals surface area (Å²) in [6, 6.07) is 5.63. The molecule has 1 aliphatic heterocycles. The number of carbonyl (C=O) groups excluding carboxylic acids is 2. The fraction of sp³-hybridized carbons (Fsp3) is 0.619. The lowest BCUT2D eigenvalue weighted by molar-refractivity contribution is -0.133. The van der Waals surface area contributed by atoms with E-state index in [2.05, 4.69) is 19.2 Å². The van der Waals surface area contributed by atoms with Crippen LogP contribution in [0.2, 0.25) is 0 Å². The number of hydrogen-bond donors (Lipinski definition) is 1. The minimum atomic E-state index is -0.297. The second-order valence-corrected chi connectivity index (χ2v) is 7.86. The summed E-state index contributed by atoms with van der Waals surface area (Å²) in [4.78, 5) is 27.2. The molecule has 0 saturated carbocycles. The van der Waals surface area contributed by atoms with Crippen LogP contribution in [0.4, 0.5) is 0 Å². The highest BCUT2D eigenvalue weighted by molar-refractivity contribution is 5.84. The van der Waals surface area contributed by atoms with Crippen LogP contribution in [-0.4, -0.2) is 50.6 Å². The number of amides is 2. The molecule has 1 saturated heterocycles. The molecule has 27 heavy (non-hydrogen) atoms. The van der Waals surface area contributed by atoms with Gasteiger partial charge in [0.25, 0.3) is 0 Å². The number of methoxy groups -OCH3 is 2. The number of nitrogens with zero attached hydrogens (tertiary/aromatic N) is 1. The first-order valence-electron chi connectivity index (χ1n) is 9.56. The third kappa shape index (κ3) is 4.93. The predicted octanol–water partition coefficient (Wildman–Crippen LogP) is 2.67. The van der Waals surface area contributed by atoms with Gasteiger partial charge in [-0.3, -0.25) is 9.59 Å². The van der Waals surface area contributed by atoms with Crippen LogP contribution in [0.15, 0.2) is 18.2 Å². The number of rotatable bonds is 7. The van der Waals surface area contributed by atoms with Crippen molar-refractivity contribution in [3.05, 3.63) is 23.8 Å². The maximum atomic E-state index is 12.9. The van der Waals surface area contributed by atoms with Crippen molar-refractivity contribution in [1.29, 1.82) is 0 Å². The average molecular weight is 376 g/mol. The van der Waals surface area contributed by atoms with Gasteiger partial charge in [0.1, 0.15) is 11.5 Å². The van der Waals surface area contributed by atoms with Crippen molar-refractivity contribution in [2.24, 2.45) is 17.8 Å². The Balaban J connectivity index is 2.34. The van der Waals surface area contributed by atoms with Crippen LogP contribution < -0.4 is 14.8 Å². The number of carbonyl (C=O) groups is 2. The van der Waals surface area contributed by atoms with Gasteiger partial charge in [0.2, 0.25) is 11.8 Å². The van der Waals surface area contributed by atoms with Crippen LogP contribution in [0, 0.1) is 17.8 Å². The van der Waals surface area contributed by atoms with Gasteiger partial charge >= 0.3 is 0 Å². The molecule has 1 aromatic carbocycles. The first kappa shape index (κ1) is 21.1. The Morgan fingerprint density at radius 2 is 1.85 bits per heavy atom. The zero-order valence-corrected chi connectivity index (χ0v) is 17.2. The van der Waals surface area contributed by atoms with Crippen LogP contribution >= 0.6 is 0 Å². The van der Waals surface area contributed by atoms with E-state index in [0.717, 1.165) is 5.56 Å². The largest absolute Gasteiger partial charge is 0.497 e. The van der Waals surface area contributed by atoms with E-state index in [1.54, 1.807) is 19.1 Å². The molecule has 0 aromatic heterocycles. The zero-order valence-electron chi connectivity index (χ0n) is 17.2. The Morgan fingerprint density at radius 1 is 1.15 bits per heavy atom. The highest BCUT2D eigenvalue weighted by atomic mass is 16.5. The van der Waals surface area contributed by atoms with E-state index in [0.29, 0.717) is 37.1 Å². The van der Waals surface area contributed by atoms with E-state index in [1.807, 2.05) is 32.0 Å². The second-order valence-electron chi connectivity index (χ2n) is 7.86. The molecule has 6 nitrogen and oxygen atoms in total. The summed E-state index contributed by atoms with van der Waals surface area (Å²) >= 11 is 0. The fourth-order valence-electron chi connectivity index (χ4n) is 3.49. The van der Waals surface area contributed by atoms with Gasteiger partial charge in [-0.25, -0.2) is 0 Å². The van der Waals surface area contributed by atoms with E-state index in [9.17, 15) is 9.59 Å². The third-order valence-electron chi connectivity index (χ3n) is 4.99. The fourth-order valence-corrected chi connectivity index (χ4v) is 3.49. The van der Waals surface area contributed by atoms with E-state index >= 15 is 0 Å². The maximum Gasteiger partial charge on any atom is 0.225 e. The number of likely N-dealkylation sites (tertiary alicyclic amines) is 1. The van der Waals surface area contributed by atoms with Crippen molar-refractivity contribution in [1.82, 2.24) is 10.2 Å². The van der Waals surface area contributed by atoms with Gasteiger partial charge in [-0.2, -0.15) is 0 Å². The normalized spacial score (nSPS) is 19.5. The lowest BCUT2D eigenvalue weighted by Gasteiger charge is -2.21. The molecular weight excluding hydrogens is 344 g/mol. The minimum absolute atomic E-state index is 0.00868. The first-order valence-corrected chi connectivity index (χ1v) is 9.56. The van der Waals surface area contributed by atoms with Crippen molar-refractivity contribution < 1.29 is 19.1 Å².